The van der Waals surface area contributed by atoms with Gasteiger partial charge in [0.05, 0.1) is 0 Å². The molecular weight excluding hydrogens is 374 g/mol. The summed E-state index contributed by atoms with van der Waals surface area (Å²) in [6.45, 7) is 1.84. The van der Waals surface area contributed by atoms with Crippen LogP contribution >= 0.6 is 0 Å². The molecule has 30 heavy (non-hydrogen) atoms. The lowest BCUT2D eigenvalue weighted by Gasteiger charge is -2.38. The van der Waals surface area contributed by atoms with Gasteiger partial charge in [0.1, 0.15) is 6.54 Å². The monoisotopic (exact) mass is 401 g/mol. The molecule has 0 bridgehead atoms. The normalized spacial score (nSPS) is 23.5. The molecule has 6 heteroatoms. The molecule has 2 saturated heterocycles. The van der Waals surface area contributed by atoms with Gasteiger partial charge in [-0.15, -0.1) is 0 Å². The molecule has 3 unspecified atom stereocenters. The number of aromatic nitrogens is 2. The van der Waals surface area contributed by atoms with Crippen LogP contribution in [0, 0.1) is 5.92 Å². The van der Waals surface area contributed by atoms with Gasteiger partial charge in [-0.25, -0.2) is 0 Å². The maximum absolute atomic E-state index is 12.9. The standard InChI is InChI=1S/C24H27N5O/c30-22(17-29-14-7-13-25-29)28-15-12-21-20(16-28)24(27-26-21)23(18-8-3-1-4-9-18)19-10-5-2-6-11-19/h1-11,13-14,20-21,23-24,26-27H,12,15-17H2. The quantitative estimate of drug-likeness (QED) is 0.689. The molecule has 154 valence electrons. The average Bonchev–Trinajstić information content (AvgIpc) is 3.45. The number of benzene rings is 2. The van der Waals surface area contributed by atoms with Crippen LogP contribution in [0.15, 0.2) is 79.1 Å². The summed E-state index contributed by atoms with van der Waals surface area (Å²) < 4.78 is 1.70. The second-order valence-electron chi connectivity index (χ2n) is 8.22. The zero-order valence-corrected chi connectivity index (χ0v) is 16.9. The highest BCUT2D eigenvalue weighted by molar-refractivity contribution is 5.76. The summed E-state index contributed by atoms with van der Waals surface area (Å²) in [5.41, 5.74) is 9.71. The van der Waals surface area contributed by atoms with E-state index in [0.717, 1.165) is 19.5 Å². The number of piperidine rings is 1. The molecule has 1 aromatic heterocycles. The number of likely N-dealkylation sites (tertiary alicyclic amines) is 1. The molecule has 3 atom stereocenters. The Hall–Kier alpha value is -2.96. The number of fused-ring (bicyclic) bond motifs is 1. The molecule has 2 aromatic carbocycles. The Labute approximate surface area is 176 Å². The second-order valence-corrected chi connectivity index (χ2v) is 8.22. The predicted molar refractivity (Wildman–Crippen MR) is 115 cm³/mol. The van der Waals surface area contributed by atoms with Gasteiger partial charge in [-0.05, 0) is 23.6 Å². The van der Waals surface area contributed by atoms with E-state index in [1.165, 1.54) is 11.1 Å². The maximum atomic E-state index is 12.9. The Morgan fingerprint density at radius 1 is 1.00 bits per heavy atom. The van der Waals surface area contributed by atoms with E-state index < -0.39 is 0 Å². The fourth-order valence-corrected chi connectivity index (χ4v) is 4.95. The maximum Gasteiger partial charge on any atom is 0.244 e. The molecular formula is C24H27N5O. The topological polar surface area (TPSA) is 62.2 Å². The minimum absolute atomic E-state index is 0.138. The molecule has 1 amide bonds. The van der Waals surface area contributed by atoms with Crippen molar-refractivity contribution in [2.75, 3.05) is 13.1 Å². The van der Waals surface area contributed by atoms with Crippen molar-refractivity contribution in [3.05, 3.63) is 90.3 Å². The second kappa shape index (κ2) is 8.42. The van der Waals surface area contributed by atoms with Crippen LogP contribution in [0.25, 0.3) is 0 Å². The number of amides is 1. The van der Waals surface area contributed by atoms with Crippen LogP contribution in [0.4, 0.5) is 0 Å². The summed E-state index contributed by atoms with van der Waals surface area (Å²) in [4.78, 5) is 14.9. The minimum atomic E-state index is 0.138. The summed E-state index contributed by atoms with van der Waals surface area (Å²) in [7, 11) is 0. The molecule has 3 aromatic rings. The molecule has 0 spiro atoms. The van der Waals surface area contributed by atoms with Crippen LogP contribution in [0.2, 0.25) is 0 Å². The predicted octanol–water partition coefficient (Wildman–Crippen LogP) is 2.41. The number of hydrazine groups is 1. The van der Waals surface area contributed by atoms with Crippen molar-refractivity contribution in [1.29, 1.82) is 0 Å². The van der Waals surface area contributed by atoms with Crippen LogP contribution in [0.1, 0.15) is 23.5 Å². The van der Waals surface area contributed by atoms with Gasteiger partial charge in [-0.1, -0.05) is 60.7 Å². The number of nitrogens with one attached hydrogen (secondary N) is 2. The number of hydrogen-bond acceptors (Lipinski definition) is 4. The van der Waals surface area contributed by atoms with E-state index in [-0.39, 0.29) is 17.9 Å². The third kappa shape index (κ3) is 3.76. The summed E-state index contributed by atoms with van der Waals surface area (Å²) in [5, 5.41) is 4.18. The molecule has 3 heterocycles. The van der Waals surface area contributed by atoms with Crippen molar-refractivity contribution in [2.24, 2.45) is 5.92 Å². The highest BCUT2D eigenvalue weighted by Gasteiger charge is 2.44. The molecule has 0 aliphatic carbocycles. The van der Waals surface area contributed by atoms with Crippen LogP contribution < -0.4 is 10.9 Å². The number of hydrogen-bond donors (Lipinski definition) is 2. The smallest absolute Gasteiger partial charge is 0.244 e. The summed E-state index contributed by atoms with van der Waals surface area (Å²) in [6.07, 6.45) is 4.51. The first-order chi connectivity index (χ1) is 14.8. The fourth-order valence-electron chi connectivity index (χ4n) is 4.95. The van der Waals surface area contributed by atoms with Crippen molar-refractivity contribution in [2.45, 2.75) is 31.0 Å². The lowest BCUT2D eigenvalue weighted by Crippen LogP contribution is -2.50. The molecule has 2 N–H and O–H groups in total. The highest BCUT2D eigenvalue weighted by atomic mass is 16.2. The van der Waals surface area contributed by atoms with E-state index in [1.54, 1.807) is 10.9 Å². The fraction of sp³-hybridized carbons (Fsp3) is 0.333. The first kappa shape index (κ1) is 19.0. The van der Waals surface area contributed by atoms with Crippen molar-refractivity contribution >= 4 is 5.91 Å². The van der Waals surface area contributed by atoms with Crippen molar-refractivity contribution < 1.29 is 4.79 Å². The molecule has 2 aliphatic rings. The summed E-state index contributed by atoms with van der Waals surface area (Å²) >= 11 is 0. The van der Waals surface area contributed by atoms with Crippen molar-refractivity contribution in [1.82, 2.24) is 25.5 Å². The lowest BCUT2D eigenvalue weighted by molar-refractivity contribution is -0.134. The van der Waals surface area contributed by atoms with E-state index in [0.29, 0.717) is 18.5 Å². The molecule has 0 saturated carbocycles. The lowest BCUT2D eigenvalue weighted by atomic mass is 9.76. The SMILES string of the molecule is O=C(Cn1cccn1)N1CCC2NNC(C(c3ccccc3)c3ccccc3)C2C1. The third-order valence-corrected chi connectivity index (χ3v) is 6.44. The van der Waals surface area contributed by atoms with E-state index >= 15 is 0 Å². The van der Waals surface area contributed by atoms with Gasteiger partial charge in [0.15, 0.2) is 0 Å². The van der Waals surface area contributed by atoms with Gasteiger partial charge >= 0.3 is 0 Å². The van der Waals surface area contributed by atoms with Gasteiger partial charge in [-0.2, -0.15) is 5.10 Å². The van der Waals surface area contributed by atoms with Gasteiger partial charge < -0.3 is 4.90 Å². The van der Waals surface area contributed by atoms with E-state index in [9.17, 15) is 4.79 Å². The number of carbonyl (C=O) groups excluding carboxylic acids is 1. The zero-order chi connectivity index (χ0) is 20.3. The van der Waals surface area contributed by atoms with Gasteiger partial charge in [-0.3, -0.25) is 20.3 Å². The third-order valence-electron chi connectivity index (χ3n) is 6.44. The molecule has 2 fully saturated rings. The van der Waals surface area contributed by atoms with Gasteiger partial charge in [0.25, 0.3) is 0 Å². The Morgan fingerprint density at radius 2 is 1.70 bits per heavy atom. The Bertz CT molecular complexity index is 920. The van der Waals surface area contributed by atoms with E-state index in [4.69, 9.17) is 0 Å². The highest BCUT2D eigenvalue weighted by Crippen LogP contribution is 2.37. The van der Waals surface area contributed by atoms with Crippen LogP contribution in [0.5, 0.6) is 0 Å². The Kier molecular flexibility index (Phi) is 5.34. The molecule has 2 aliphatic heterocycles. The molecule has 6 nitrogen and oxygen atoms in total. The Balaban J connectivity index is 1.40. The van der Waals surface area contributed by atoms with Crippen LogP contribution in [-0.2, 0) is 11.3 Å². The Morgan fingerprint density at radius 3 is 2.33 bits per heavy atom. The van der Waals surface area contributed by atoms with Gasteiger partial charge in [0, 0.05) is 49.4 Å². The molecule has 5 rings (SSSR count). The summed E-state index contributed by atoms with van der Waals surface area (Å²) in [6, 6.07) is 23.8. The van der Waals surface area contributed by atoms with Crippen molar-refractivity contribution in [3.63, 3.8) is 0 Å². The molecule has 0 radical (unpaired) electrons. The number of nitrogens with zero attached hydrogens (tertiary/aromatic N) is 3. The van der Waals surface area contributed by atoms with E-state index in [2.05, 4.69) is 76.6 Å². The van der Waals surface area contributed by atoms with Crippen LogP contribution in [0.3, 0.4) is 0 Å². The number of carbonyl (C=O) groups is 1. The number of rotatable bonds is 5. The largest absolute Gasteiger partial charge is 0.341 e. The summed E-state index contributed by atoms with van der Waals surface area (Å²) in [5.74, 6) is 0.695. The minimum Gasteiger partial charge on any atom is -0.341 e. The van der Waals surface area contributed by atoms with Crippen LogP contribution in [-0.4, -0.2) is 45.8 Å². The van der Waals surface area contributed by atoms with E-state index in [1.807, 2.05) is 17.2 Å². The van der Waals surface area contributed by atoms with Gasteiger partial charge in [0.2, 0.25) is 5.91 Å². The first-order valence-electron chi connectivity index (χ1n) is 10.7. The average molecular weight is 402 g/mol. The zero-order valence-electron chi connectivity index (χ0n) is 16.9. The van der Waals surface area contributed by atoms with Crippen molar-refractivity contribution in [3.8, 4) is 0 Å². The first-order valence-corrected chi connectivity index (χ1v) is 10.7.